The zero-order chi connectivity index (χ0) is 40.4. The van der Waals surface area contributed by atoms with Crippen molar-refractivity contribution in [3.63, 3.8) is 0 Å². The lowest BCUT2D eigenvalue weighted by atomic mass is 9.88. The first-order valence-electron chi connectivity index (χ1n) is 18.8. The van der Waals surface area contributed by atoms with Gasteiger partial charge in [0.2, 0.25) is 0 Å². The normalized spacial score (nSPS) is 16.2. The van der Waals surface area contributed by atoms with Gasteiger partial charge < -0.3 is 40.8 Å². The lowest BCUT2D eigenvalue weighted by Crippen LogP contribution is -2.45. The largest absolute Gasteiger partial charge is 0.505 e. The second-order valence-corrected chi connectivity index (χ2v) is 18.4. The molecule has 0 saturated carbocycles. The molecular formula is C40H57N5O9S. The maximum atomic E-state index is 14.2. The van der Waals surface area contributed by atoms with Crippen molar-refractivity contribution in [2.24, 2.45) is 0 Å². The van der Waals surface area contributed by atoms with E-state index in [9.17, 15) is 28.2 Å². The van der Waals surface area contributed by atoms with Gasteiger partial charge >= 0.3 is 6.09 Å². The number of aliphatic hydroxyl groups is 1. The number of amides is 2. The summed E-state index contributed by atoms with van der Waals surface area (Å²) in [6, 6.07) is 10.9. The maximum absolute atomic E-state index is 14.2. The molecule has 2 atom stereocenters. The molecule has 0 radical (unpaired) electrons. The second-order valence-electron chi connectivity index (χ2n) is 15.8. The Morgan fingerprint density at radius 1 is 1.00 bits per heavy atom. The van der Waals surface area contributed by atoms with E-state index in [1.54, 1.807) is 58.9 Å². The van der Waals surface area contributed by atoms with Crippen molar-refractivity contribution in [2.45, 2.75) is 133 Å². The fourth-order valence-electron chi connectivity index (χ4n) is 6.60. The molecule has 302 valence electrons. The van der Waals surface area contributed by atoms with E-state index in [0.29, 0.717) is 24.2 Å². The lowest BCUT2D eigenvalue weighted by Gasteiger charge is -2.40. The van der Waals surface area contributed by atoms with Gasteiger partial charge in [-0.2, -0.15) is 0 Å². The van der Waals surface area contributed by atoms with Crippen LogP contribution in [-0.2, 0) is 30.6 Å². The Morgan fingerprint density at radius 2 is 1.71 bits per heavy atom. The molecule has 4 rings (SSSR count). The van der Waals surface area contributed by atoms with E-state index in [0.717, 1.165) is 44.9 Å². The molecule has 1 aromatic heterocycles. The van der Waals surface area contributed by atoms with Crippen molar-refractivity contribution in [3.05, 3.63) is 59.9 Å². The van der Waals surface area contributed by atoms with Crippen LogP contribution >= 0.6 is 0 Å². The molecule has 0 bridgehead atoms. The molecule has 6 N–H and O–H groups in total. The highest BCUT2D eigenvalue weighted by Crippen LogP contribution is 2.39. The minimum Gasteiger partial charge on any atom is -0.505 e. The van der Waals surface area contributed by atoms with Gasteiger partial charge in [-0.1, -0.05) is 43.5 Å². The maximum Gasteiger partial charge on any atom is 0.407 e. The number of phenolic OH excluding ortho intramolecular Hbond substituents is 1. The van der Waals surface area contributed by atoms with Crippen LogP contribution in [0.4, 0.5) is 16.3 Å². The van der Waals surface area contributed by atoms with Crippen LogP contribution in [0.5, 0.6) is 5.75 Å². The van der Waals surface area contributed by atoms with Crippen LogP contribution in [0.1, 0.15) is 115 Å². The molecule has 15 heteroatoms. The number of para-hydroxylation sites is 1. The van der Waals surface area contributed by atoms with Crippen molar-refractivity contribution >= 4 is 33.3 Å². The fourth-order valence-corrected chi connectivity index (χ4v) is 8.22. The highest BCUT2D eigenvalue weighted by Gasteiger charge is 2.43. The minimum absolute atomic E-state index is 0.0561. The summed E-state index contributed by atoms with van der Waals surface area (Å²) in [5, 5.41) is 25.2. The molecule has 1 fully saturated rings. The number of ether oxygens (including phenoxy) is 3. The Bertz CT molecular complexity index is 1870. The molecule has 2 unspecified atom stereocenters. The number of unbranched alkanes of at least 4 members (excludes halogenated alkanes) is 3. The number of hydrogen-bond acceptors (Lipinski definition) is 12. The van der Waals surface area contributed by atoms with Crippen LogP contribution in [0.15, 0.2) is 53.6 Å². The second kappa shape index (κ2) is 18.5. The van der Waals surface area contributed by atoms with Crippen molar-refractivity contribution in [1.82, 2.24) is 15.3 Å². The molecule has 2 aromatic carbocycles. The first kappa shape index (κ1) is 43.4. The van der Waals surface area contributed by atoms with Gasteiger partial charge in [0.05, 0.1) is 32.8 Å². The average Bonchev–Trinajstić information content (AvgIpc) is 3.11. The van der Waals surface area contributed by atoms with Crippen molar-refractivity contribution in [3.8, 4) is 17.0 Å². The van der Waals surface area contributed by atoms with Crippen LogP contribution in [0, 0.1) is 0 Å². The first-order chi connectivity index (χ1) is 25.8. The number of aliphatic hydroxyl groups excluding tert-OH is 1. The summed E-state index contributed by atoms with van der Waals surface area (Å²) in [4.78, 5) is 34.2. The summed E-state index contributed by atoms with van der Waals surface area (Å²) < 4.78 is 44.8. The van der Waals surface area contributed by atoms with Gasteiger partial charge in [0.1, 0.15) is 11.4 Å². The van der Waals surface area contributed by atoms with Crippen LogP contribution in [0.25, 0.3) is 11.3 Å². The van der Waals surface area contributed by atoms with Gasteiger partial charge in [-0.25, -0.2) is 23.2 Å². The van der Waals surface area contributed by atoms with E-state index >= 15 is 0 Å². The third-order valence-corrected chi connectivity index (χ3v) is 11.9. The summed E-state index contributed by atoms with van der Waals surface area (Å²) in [6.45, 7) is 11.3. The van der Waals surface area contributed by atoms with Gasteiger partial charge in [0, 0.05) is 30.9 Å². The SMILES string of the molecule is CC(C)(C)OC(=O)NCc1cccc(NC(=O)c2nc(-c3ccc(S(=O)(=O)C(C)(C)CC(C)(CCCCCCO)OC4CCCCO4)cc3)cnc2N)c1O. The molecular weight excluding hydrogens is 727 g/mol. The minimum atomic E-state index is -3.87. The Hall–Kier alpha value is -4.31. The Kier molecular flexibility index (Phi) is 14.6. The predicted octanol–water partition coefficient (Wildman–Crippen LogP) is 6.90. The average molecular weight is 784 g/mol. The summed E-state index contributed by atoms with van der Waals surface area (Å²) in [5.74, 6) is -1.15. The fraction of sp³-hybridized carbons (Fsp3) is 0.550. The number of aromatic nitrogens is 2. The third kappa shape index (κ3) is 12.1. The molecule has 55 heavy (non-hydrogen) atoms. The van der Waals surface area contributed by atoms with E-state index in [2.05, 4.69) is 20.6 Å². The van der Waals surface area contributed by atoms with Crippen LogP contribution < -0.4 is 16.4 Å². The highest BCUT2D eigenvalue weighted by atomic mass is 32.2. The van der Waals surface area contributed by atoms with E-state index in [-0.39, 0.29) is 59.4 Å². The Morgan fingerprint density at radius 3 is 2.36 bits per heavy atom. The van der Waals surface area contributed by atoms with Crippen molar-refractivity contribution in [1.29, 1.82) is 0 Å². The Balaban J connectivity index is 1.49. The first-order valence-corrected chi connectivity index (χ1v) is 20.3. The number of alkyl carbamates (subject to hydrolysis) is 1. The quantitative estimate of drug-likeness (QED) is 0.0699. The number of hydrogen-bond donors (Lipinski definition) is 5. The van der Waals surface area contributed by atoms with Crippen LogP contribution in [0.2, 0.25) is 0 Å². The van der Waals surface area contributed by atoms with Gasteiger partial charge in [-0.3, -0.25) is 4.79 Å². The number of carbonyl (C=O) groups is 2. The van der Waals surface area contributed by atoms with Gasteiger partial charge in [-0.05, 0) is 98.3 Å². The number of carbonyl (C=O) groups excluding carboxylic acids is 2. The van der Waals surface area contributed by atoms with Gasteiger partial charge in [0.25, 0.3) is 5.91 Å². The van der Waals surface area contributed by atoms with E-state index in [4.69, 9.17) is 19.9 Å². The number of nitrogen functional groups attached to an aromatic ring is 1. The number of rotatable bonds is 17. The van der Waals surface area contributed by atoms with Crippen molar-refractivity contribution in [2.75, 3.05) is 24.3 Å². The number of anilines is 2. The molecule has 1 aliphatic rings. The topological polar surface area (TPSA) is 212 Å². The lowest BCUT2D eigenvalue weighted by molar-refractivity contribution is -0.225. The van der Waals surface area contributed by atoms with Crippen LogP contribution in [0.3, 0.4) is 0 Å². The molecule has 0 spiro atoms. The molecule has 2 heterocycles. The van der Waals surface area contributed by atoms with Gasteiger partial charge in [-0.15, -0.1) is 0 Å². The summed E-state index contributed by atoms with van der Waals surface area (Å²) in [7, 11) is -3.87. The number of nitrogens with one attached hydrogen (secondary N) is 2. The van der Waals surface area contributed by atoms with Crippen LogP contribution in [-0.4, -0.2) is 76.1 Å². The molecule has 14 nitrogen and oxygen atoms in total. The number of phenols is 1. The molecule has 3 aromatic rings. The number of nitrogens with two attached hydrogens (primary N) is 1. The van der Waals surface area contributed by atoms with E-state index in [1.807, 2.05) is 6.92 Å². The summed E-state index contributed by atoms with van der Waals surface area (Å²) >= 11 is 0. The number of benzene rings is 2. The number of nitrogens with zero attached hydrogens (tertiary/aromatic N) is 2. The zero-order valence-electron chi connectivity index (χ0n) is 32.8. The molecule has 2 amide bonds. The summed E-state index contributed by atoms with van der Waals surface area (Å²) in [5.41, 5.74) is 5.56. The standard InChI is InChI=1S/C40H57N5O9S/c1-38(2,3)54-37(49)43-24-28-14-13-15-30(34(28)47)45-36(48)33-35(41)42-25-31(44-33)27-17-19-29(20-18-27)55(50,51)39(4,5)26-40(6,21-10-7-8-11-22-46)53-32-16-9-12-23-52-32/h13-15,17-20,25,32,46-47H,7-12,16,21-24,26H2,1-6H3,(H2,41,42)(H,43,49)(H,45,48). The molecule has 0 aliphatic carbocycles. The monoisotopic (exact) mass is 783 g/mol. The van der Waals surface area contributed by atoms with E-state index in [1.165, 1.54) is 24.4 Å². The Labute approximate surface area is 324 Å². The molecule has 1 aliphatic heterocycles. The zero-order valence-corrected chi connectivity index (χ0v) is 33.6. The molecule has 1 saturated heterocycles. The third-order valence-electron chi connectivity index (χ3n) is 9.36. The van der Waals surface area contributed by atoms with Crippen molar-refractivity contribution < 1.29 is 42.4 Å². The smallest absolute Gasteiger partial charge is 0.407 e. The summed E-state index contributed by atoms with van der Waals surface area (Å²) in [6.07, 6.45) is 7.31. The highest BCUT2D eigenvalue weighted by molar-refractivity contribution is 7.92. The van der Waals surface area contributed by atoms with E-state index < -0.39 is 37.8 Å². The predicted molar refractivity (Wildman–Crippen MR) is 210 cm³/mol. The number of aromatic hydroxyl groups is 1. The van der Waals surface area contributed by atoms with Gasteiger partial charge in [0.15, 0.2) is 27.6 Å². The number of sulfone groups is 1.